The largest absolute Gasteiger partial charge is 0.491 e. The molecule has 1 atom stereocenters. The summed E-state index contributed by atoms with van der Waals surface area (Å²) in [6.07, 6.45) is 6.35. The predicted molar refractivity (Wildman–Crippen MR) is 69.6 cm³/mol. The average molecular weight is 231 g/mol. The van der Waals surface area contributed by atoms with Crippen LogP contribution in [0, 0.1) is 0 Å². The fourth-order valence-corrected chi connectivity index (χ4v) is 2.93. The number of hydrogen-bond acceptors (Lipinski definition) is 2. The van der Waals surface area contributed by atoms with E-state index in [-0.39, 0.29) is 0 Å². The van der Waals surface area contributed by atoms with Gasteiger partial charge in [-0.05, 0) is 55.8 Å². The second-order valence-electron chi connectivity index (χ2n) is 5.18. The number of ether oxygens (including phenoxy) is 1. The number of aryl methyl sites for hydroxylation is 2. The zero-order chi connectivity index (χ0) is 11.7. The molecule has 2 nitrogen and oxygen atoms in total. The Hall–Kier alpha value is -1.02. The molecule has 1 unspecified atom stereocenters. The molecular formula is C15H21NO. The summed E-state index contributed by atoms with van der Waals surface area (Å²) in [6, 6.07) is 5.10. The highest BCUT2D eigenvalue weighted by molar-refractivity contribution is 5.47. The molecule has 0 fully saturated rings. The van der Waals surface area contributed by atoms with E-state index in [0.29, 0.717) is 6.04 Å². The second kappa shape index (κ2) is 4.69. The quantitative estimate of drug-likeness (QED) is 0.863. The van der Waals surface area contributed by atoms with Gasteiger partial charge >= 0.3 is 0 Å². The zero-order valence-corrected chi connectivity index (χ0v) is 10.6. The van der Waals surface area contributed by atoms with E-state index in [0.717, 1.165) is 18.9 Å². The normalized spacial score (nSPS) is 21.8. The van der Waals surface area contributed by atoms with Gasteiger partial charge in [0.25, 0.3) is 0 Å². The summed E-state index contributed by atoms with van der Waals surface area (Å²) in [7, 11) is 0. The molecule has 92 valence electrons. The summed E-state index contributed by atoms with van der Waals surface area (Å²) in [6.45, 7) is 4.08. The first-order valence-corrected chi connectivity index (χ1v) is 6.90. The van der Waals surface area contributed by atoms with E-state index >= 15 is 0 Å². The van der Waals surface area contributed by atoms with Gasteiger partial charge in [0.15, 0.2) is 0 Å². The first-order chi connectivity index (χ1) is 8.38. The molecule has 0 amide bonds. The van der Waals surface area contributed by atoms with Crippen molar-refractivity contribution >= 4 is 0 Å². The molecule has 1 N–H and O–H groups in total. The van der Waals surface area contributed by atoms with Gasteiger partial charge in [-0.25, -0.2) is 0 Å². The fraction of sp³-hybridized carbons (Fsp3) is 0.600. The van der Waals surface area contributed by atoms with Crippen molar-refractivity contribution in [3.05, 3.63) is 28.8 Å². The van der Waals surface area contributed by atoms with Crippen LogP contribution >= 0.6 is 0 Å². The van der Waals surface area contributed by atoms with Crippen LogP contribution in [0.15, 0.2) is 12.1 Å². The number of hydrogen-bond donors (Lipinski definition) is 1. The van der Waals surface area contributed by atoms with Crippen LogP contribution < -0.4 is 10.1 Å². The second-order valence-corrected chi connectivity index (χ2v) is 5.18. The lowest BCUT2D eigenvalue weighted by molar-refractivity contribution is 0.311. The third-order valence-corrected chi connectivity index (χ3v) is 3.90. The van der Waals surface area contributed by atoms with Gasteiger partial charge in [0.2, 0.25) is 0 Å². The van der Waals surface area contributed by atoms with Gasteiger partial charge in [-0.2, -0.15) is 0 Å². The van der Waals surface area contributed by atoms with E-state index in [9.17, 15) is 0 Å². The predicted octanol–water partition coefficient (Wildman–Crippen LogP) is 3.00. The number of fused-ring (bicyclic) bond motifs is 2. The minimum atomic E-state index is 0.414. The third-order valence-electron chi connectivity index (χ3n) is 3.90. The van der Waals surface area contributed by atoms with Crippen LogP contribution in [0.4, 0.5) is 0 Å². The molecule has 0 saturated heterocycles. The van der Waals surface area contributed by atoms with Gasteiger partial charge in [0, 0.05) is 5.56 Å². The van der Waals surface area contributed by atoms with Crippen LogP contribution in [-0.2, 0) is 12.8 Å². The topological polar surface area (TPSA) is 21.3 Å². The molecule has 0 bridgehead atoms. The standard InChI is InChI=1S/C15H21NO/c1-2-7-16-14-10-17-15-9-12-6-4-3-5-11(12)8-13(14)15/h8-9,14,16H,2-7,10H2,1H3. The Balaban J connectivity index is 1.87. The first-order valence-electron chi connectivity index (χ1n) is 6.90. The van der Waals surface area contributed by atoms with Crippen molar-refractivity contribution in [1.82, 2.24) is 5.32 Å². The van der Waals surface area contributed by atoms with Gasteiger partial charge in [-0.1, -0.05) is 13.0 Å². The molecule has 0 aromatic heterocycles. The van der Waals surface area contributed by atoms with Crippen LogP contribution in [0.2, 0.25) is 0 Å². The number of rotatable bonds is 3. The Morgan fingerprint density at radius 2 is 2.00 bits per heavy atom. The van der Waals surface area contributed by atoms with Crippen molar-refractivity contribution in [3.8, 4) is 5.75 Å². The lowest BCUT2D eigenvalue weighted by Gasteiger charge is -2.18. The van der Waals surface area contributed by atoms with Crippen molar-refractivity contribution in [2.45, 2.75) is 45.1 Å². The monoisotopic (exact) mass is 231 g/mol. The maximum Gasteiger partial charge on any atom is 0.124 e. The van der Waals surface area contributed by atoms with E-state index in [1.807, 2.05) is 0 Å². The first kappa shape index (κ1) is 11.1. The van der Waals surface area contributed by atoms with Crippen molar-refractivity contribution in [3.63, 3.8) is 0 Å². The molecule has 1 aliphatic heterocycles. The van der Waals surface area contributed by atoms with Gasteiger partial charge in [-0.3, -0.25) is 0 Å². The molecule has 2 aliphatic rings. The Bertz CT molecular complexity index is 414. The van der Waals surface area contributed by atoms with E-state index < -0.39 is 0 Å². The molecule has 3 rings (SSSR count). The molecule has 1 heterocycles. The molecule has 1 aliphatic carbocycles. The van der Waals surface area contributed by atoms with Crippen LogP contribution in [0.25, 0.3) is 0 Å². The lowest BCUT2D eigenvalue weighted by atomic mass is 9.89. The molecule has 0 spiro atoms. The summed E-state index contributed by atoms with van der Waals surface area (Å²) in [5.74, 6) is 1.12. The zero-order valence-electron chi connectivity index (χ0n) is 10.6. The maximum absolute atomic E-state index is 5.81. The maximum atomic E-state index is 5.81. The van der Waals surface area contributed by atoms with E-state index in [4.69, 9.17) is 4.74 Å². The van der Waals surface area contributed by atoms with Crippen molar-refractivity contribution in [2.75, 3.05) is 13.2 Å². The van der Waals surface area contributed by atoms with Crippen LogP contribution in [0.5, 0.6) is 5.75 Å². The fourth-order valence-electron chi connectivity index (χ4n) is 2.93. The minimum Gasteiger partial charge on any atom is -0.491 e. The Morgan fingerprint density at radius 1 is 1.24 bits per heavy atom. The van der Waals surface area contributed by atoms with Crippen molar-refractivity contribution < 1.29 is 4.74 Å². The van der Waals surface area contributed by atoms with Gasteiger partial charge in [0.05, 0.1) is 6.04 Å². The Labute approximate surface area is 103 Å². The minimum absolute atomic E-state index is 0.414. The van der Waals surface area contributed by atoms with Crippen molar-refractivity contribution in [1.29, 1.82) is 0 Å². The highest BCUT2D eigenvalue weighted by Crippen LogP contribution is 2.37. The van der Waals surface area contributed by atoms with Crippen molar-refractivity contribution in [2.24, 2.45) is 0 Å². The Kier molecular flexibility index (Phi) is 3.06. The Morgan fingerprint density at radius 3 is 2.76 bits per heavy atom. The van der Waals surface area contributed by atoms with E-state index in [2.05, 4.69) is 24.4 Å². The average Bonchev–Trinajstić information content (AvgIpc) is 2.76. The SMILES string of the molecule is CCCNC1COc2cc3c(cc21)CCCC3. The summed E-state index contributed by atoms with van der Waals surface area (Å²) < 4.78 is 5.81. The van der Waals surface area contributed by atoms with E-state index in [1.54, 1.807) is 5.56 Å². The molecule has 0 saturated carbocycles. The molecule has 1 aromatic carbocycles. The number of nitrogens with one attached hydrogen (secondary N) is 1. The summed E-state index contributed by atoms with van der Waals surface area (Å²) in [4.78, 5) is 0. The molecule has 17 heavy (non-hydrogen) atoms. The summed E-state index contributed by atoms with van der Waals surface area (Å²) >= 11 is 0. The van der Waals surface area contributed by atoms with Gasteiger partial charge in [-0.15, -0.1) is 0 Å². The molecule has 1 aromatic rings. The van der Waals surface area contributed by atoms with Gasteiger partial charge < -0.3 is 10.1 Å². The lowest BCUT2D eigenvalue weighted by Crippen LogP contribution is -2.23. The van der Waals surface area contributed by atoms with Crippen LogP contribution in [0.3, 0.4) is 0 Å². The van der Waals surface area contributed by atoms with Crippen LogP contribution in [-0.4, -0.2) is 13.2 Å². The summed E-state index contributed by atoms with van der Waals surface area (Å²) in [5.41, 5.74) is 4.47. The smallest absolute Gasteiger partial charge is 0.124 e. The van der Waals surface area contributed by atoms with Gasteiger partial charge in [0.1, 0.15) is 12.4 Å². The highest BCUT2D eigenvalue weighted by Gasteiger charge is 2.25. The van der Waals surface area contributed by atoms with Crippen LogP contribution in [0.1, 0.15) is 48.9 Å². The number of benzene rings is 1. The van der Waals surface area contributed by atoms with E-state index in [1.165, 1.54) is 43.2 Å². The summed E-state index contributed by atoms with van der Waals surface area (Å²) in [5, 5.41) is 3.57. The third kappa shape index (κ3) is 2.06. The highest BCUT2D eigenvalue weighted by atomic mass is 16.5. The molecule has 0 radical (unpaired) electrons. The molecule has 2 heteroatoms. The molecular weight excluding hydrogens is 210 g/mol.